The summed E-state index contributed by atoms with van der Waals surface area (Å²) >= 11 is 16.4. The van der Waals surface area contributed by atoms with Crippen molar-refractivity contribution in [2.24, 2.45) is 0 Å². The predicted octanol–water partition coefficient (Wildman–Crippen LogP) is 33.4. The van der Waals surface area contributed by atoms with Crippen LogP contribution in [0.15, 0.2) is 146 Å². The number of benzene rings is 10. The van der Waals surface area contributed by atoms with E-state index in [1.807, 2.05) is 96.9 Å². The van der Waals surface area contributed by atoms with Crippen molar-refractivity contribution in [3.63, 3.8) is 0 Å². The molecular weight excluding hydrogens is 1620 g/mol. The van der Waals surface area contributed by atoms with Crippen molar-refractivity contribution < 1.29 is 96.6 Å². The topological polar surface area (TPSA) is 0 Å². The van der Waals surface area contributed by atoms with E-state index in [1.165, 1.54) is 67.6 Å². The fraction of sp³-hybridized carbons (Fsp3) is 0.341. The average molecular weight is 1720 g/mol. The van der Waals surface area contributed by atoms with Crippen LogP contribution in [0.25, 0.3) is 0 Å². The molecule has 0 unspecified atom stereocenters. The van der Waals surface area contributed by atoms with Crippen molar-refractivity contribution in [1.29, 1.82) is 0 Å². The van der Waals surface area contributed by atoms with Crippen LogP contribution in [0.4, 0.5) is 96.6 Å². The van der Waals surface area contributed by atoms with Crippen molar-refractivity contribution in [2.45, 2.75) is 205 Å². The van der Waals surface area contributed by atoms with Gasteiger partial charge in [-0.15, -0.1) is 0 Å². The third-order valence-electron chi connectivity index (χ3n) is 16.7. The van der Waals surface area contributed by atoms with E-state index in [1.54, 1.807) is 71.9 Å². The molecular formula is C91H97Cl3F22. The van der Waals surface area contributed by atoms with Gasteiger partial charge in [0.1, 0.15) is 80.6 Å². The second-order valence-corrected chi connectivity index (χ2v) is 30.3. The van der Waals surface area contributed by atoms with Crippen LogP contribution in [0.2, 0.25) is 15.1 Å². The number of halogens is 25. The highest BCUT2D eigenvalue weighted by Crippen LogP contribution is 2.31. The minimum Gasteiger partial charge on any atom is -0.207 e. The van der Waals surface area contributed by atoms with E-state index < -0.39 is 127 Å². The van der Waals surface area contributed by atoms with Crippen LogP contribution in [0, 0.1) is 135 Å². The molecule has 0 radical (unpaired) electrons. The second kappa shape index (κ2) is 50.3. The Hall–Kier alpha value is -8.47. The van der Waals surface area contributed by atoms with Crippen molar-refractivity contribution in [3.05, 3.63) is 350 Å². The molecule has 0 fully saturated rings. The van der Waals surface area contributed by atoms with Crippen molar-refractivity contribution >= 4 is 34.8 Å². The summed E-state index contributed by atoms with van der Waals surface area (Å²) < 4.78 is 280. The van der Waals surface area contributed by atoms with E-state index in [2.05, 4.69) is 0 Å². The highest BCUT2D eigenvalue weighted by Gasteiger charge is 2.20. The zero-order valence-electron chi connectivity index (χ0n) is 68.1. The molecule has 0 nitrogen and oxygen atoms in total. The molecule has 0 saturated heterocycles. The Morgan fingerprint density at radius 1 is 0.198 bits per heavy atom. The maximum atomic E-state index is 13.3. The van der Waals surface area contributed by atoms with Gasteiger partial charge in [0.15, 0.2) is 52.4 Å². The highest BCUT2D eigenvalue weighted by molar-refractivity contribution is 6.31. The number of hydrogen-bond acceptors (Lipinski definition) is 0. The van der Waals surface area contributed by atoms with Gasteiger partial charge in [0.25, 0.3) is 0 Å². The molecule has 10 aromatic carbocycles. The Morgan fingerprint density at radius 3 is 0.983 bits per heavy atom. The molecule has 636 valence electrons. The third kappa shape index (κ3) is 33.9. The first-order valence-corrected chi connectivity index (χ1v) is 37.7. The monoisotopic (exact) mass is 1710 g/mol. The van der Waals surface area contributed by atoms with Crippen LogP contribution >= 0.6 is 34.8 Å². The predicted molar refractivity (Wildman–Crippen MR) is 424 cm³/mol. The lowest BCUT2D eigenvalue weighted by atomic mass is 10.00. The summed E-state index contributed by atoms with van der Waals surface area (Å²) in [5.41, 5.74) is 4.43. The van der Waals surface area contributed by atoms with Gasteiger partial charge in [0.2, 0.25) is 0 Å². The third-order valence-corrected chi connectivity index (χ3v) is 17.6. The number of hydrogen-bond donors (Lipinski definition) is 0. The molecule has 0 bridgehead atoms. The molecule has 116 heavy (non-hydrogen) atoms. The van der Waals surface area contributed by atoms with Crippen LogP contribution in [-0.4, -0.2) is 0 Å². The van der Waals surface area contributed by atoms with Gasteiger partial charge in [0, 0.05) is 41.5 Å². The molecule has 10 rings (SSSR count). The van der Waals surface area contributed by atoms with E-state index in [-0.39, 0.29) is 97.3 Å². The first-order valence-electron chi connectivity index (χ1n) is 36.6. The van der Waals surface area contributed by atoms with E-state index in [9.17, 15) is 96.6 Å². The molecule has 0 aromatic heterocycles. The van der Waals surface area contributed by atoms with Crippen molar-refractivity contribution in [2.75, 3.05) is 0 Å². The highest BCUT2D eigenvalue weighted by atomic mass is 35.5. The average Bonchev–Trinajstić information content (AvgIpc) is 0.859. The smallest absolute Gasteiger partial charge is 0.194 e. The molecule has 0 N–H and O–H groups in total. The molecule has 0 aliphatic rings. The summed E-state index contributed by atoms with van der Waals surface area (Å²) in [7, 11) is 0. The Balaban J connectivity index is 0.000000645. The van der Waals surface area contributed by atoms with Crippen LogP contribution in [0.3, 0.4) is 0 Å². The summed E-state index contributed by atoms with van der Waals surface area (Å²) in [5.74, 6) is -16.6. The van der Waals surface area contributed by atoms with Gasteiger partial charge in [-0.1, -0.05) is 228 Å². The molecule has 0 heterocycles. The lowest BCUT2D eigenvalue weighted by Gasteiger charge is -2.08. The Bertz CT molecular complexity index is 4440. The van der Waals surface area contributed by atoms with Crippen molar-refractivity contribution in [1.82, 2.24) is 0 Å². The Labute approximate surface area is 682 Å². The van der Waals surface area contributed by atoms with Crippen molar-refractivity contribution in [3.8, 4) is 0 Å². The summed E-state index contributed by atoms with van der Waals surface area (Å²) in [6, 6.07) is 29.6. The Kier molecular flexibility index (Phi) is 45.8. The summed E-state index contributed by atoms with van der Waals surface area (Å²) in [5, 5.41) is -0.238. The lowest BCUT2D eigenvalue weighted by molar-refractivity contribution is 0.438. The first-order chi connectivity index (χ1) is 53.6. The lowest BCUT2D eigenvalue weighted by Crippen LogP contribution is -1.98. The molecule has 0 aliphatic carbocycles. The SMILES string of the molecule is CC(C)c1c(F)cc(F)cc1F.CC(C)c1cc(Cl)c(F)cc1F.CC(C)c1cc(F)c(F)cc1F.CC(C)c1ccc(F)c(Cl)c1F.CC(C)c1ccc(F)c(F)c1.CC(C)c1ccc(F)c(F)c1F.CC(C)c1ccc(F)cc1F.CC(C)c1cccc(Cl)c1F.CC(C)c1cccc(F)c1F.Cc1c(F)ccc(C(C)C)c1F. The molecule has 0 atom stereocenters. The van der Waals surface area contributed by atoms with E-state index in [0.717, 1.165) is 42.0 Å². The van der Waals surface area contributed by atoms with Gasteiger partial charge < -0.3 is 0 Å². The van der Waals surface area contributed by atoms with Gasteiger partial charge in [-0.3, -0.25) is 0 Å². The standard InChI is InChI=1S/C10H12F2.2C9H9ClF2.C9H10ClF.3C9H9F3.3C9H10F2/c1-6(2)8-4-5-9(11)7(3)10(8)12;1-5(2)6-3-7(10)9(12)4-8(6)11;1-5(2)6-3-4-7(11)8(10)9(6)12;1-6(2)7-4-3-5-8(10)9(7)11;1-5(2)6-3-8(11)9(12)4-7(6)10;1-5(2)9-7(11)3-6(10)4-8(9)12;1-5(2)6-3-4-7(10)9(12)8(6)11;1-6(2)8-4-3-7(10)5-9(8)11;1-6(2)7-3-4-8(10)9(11)5-7;1-6(2)7-4-3-5-8(10)9(7)11/h4-6H,1-3H3;2*3-5H,1-2H3;3-6H,1-2H3;3*3-5H,1-2H3;3*3-6H,1-2H3. The minimum atomic E-state index is -1.39. The van der Waals surface area contributed by atoms with Gasteiger partial charge in [0.05, 0.1) is 10.0 Å². The molecule has 25 heteroatoms. The van der Waals surface area contributed by atoms with Gasteiger partial charge in [-0.2, -0.15) is 0 Å². The van der Waals surface area contributed by atoms with Crippen LogP contribution in [-0.2, 0) is 0 Å². The van der Waals surface area contributed by atoms with Crippen LogP contribution in [0.1, 0.15) is 259 Å². The molecule has 0 saturated carbocycles. The maximum absolute atomic E-state index is 13.3. The second-order valence-electron chi connectivity index (χ2n) is 29.1. The molecule has 0 amide bonds. The normalized spacial score (nSPS) is 10.8. The first kappa shape index (κ1) is 106. The van der Waals surface area contributed by atoms with Gasteiger partial charge >= 0.3 is 0 Å². The molecule has 10 aromatic rings. The minimum absolute atomic E-state index is 0.0168. The summed E-state index contributed by atoms with van der Waals surface area (Å²) in [6.45, 7) is 37.9. The molecule has 0 aliphatic heterocycles. The molecule has 0 spiro atoms. The Morgan fingerprint density at radius 2 is 0.552 bits per heavy atom. The zero-order valence-corrected chi connectivity index (χ0v) is 70.3. The summed E-state index contributed by atoms with van der Waals surface area (Å²) in [4.78, 5) is 0. The zero-order chi connectivity index (χ0) is 89.5. The fourth-order valence-corrected chi connectivity index (χ4v) is 10.5. The largest absolute Gasteiger partial charge is 0.207 e. The summed E-state index contributed by atoms with van der Waals surface area (Å²) in [6.07, 6.45) is 0. The van der Waals surface area contributed by atoms with Gasteiger partial charge in [-0.25, -0.2) is 96.6 Å². The van der Waals surface area contributed by atoms with Gasteiger partial charge in [-0.05, 0) is 177 Å². The van der Waals surface area contributed by atoms with E-state index in [0.29, 0.717) is 51.6 Å². The van der Waals surface area contributed by atoms with E-state index in [4.69, 9.17) is 34.8 Å². The fourth-order valence-electron chi connectivity index (χ4n) is 9.94. The van der Waals surface area contributed by atoms with Crippen LogP contribution < -0.4 is 0 Å². The maximum Gasteiger partial charge on any atom is 0.194 e. The number of rotatable bonds is 10. The quantitative estimate of drug-likeness (QED) is 0.0727. The van der Waals surface area contributed by atoms with Crippen LogP contribution in [0.5, 0.6) is 0 Å². The van der Waals surface area contributed by atoms with E-state index >= 15 is 0 Å².